The van der Waals surface area contributed by atoms with Gasteiger partial charge in [-0.3, -0.25) is 4.79 Å². The molecule has 0 bridgehead atoms. The van der Waals surface area contributed by atoms with E-state index >= 15 is 0 Å². The van der Waals surface area contributed by atoms with Crippen LogP contribution in [-0.4, -0.2) is 36.9 Å². The molecule has 1 amide bonds. The van der Waals surface area contributed by atoms with Crippen molar-refractivity contribution in [3.63, 3.8) is 0 Å². The summed E-state index contributed by atoms with van der Waals surface area (Å²) < 4.78 is 52.3. The van der Waals surface area contributed by atoms with Gasteiger partial charge in [-0.15, -0.1) is 0 Å². The molecular formula is C11H11F4NO3. The van der Waals surface area contributed by atoms with Gasteiger partial charge in [0, 0.05) is 6.54 Å². The molecule has 0 aliphatic carbocycles. The fraction of sp³-hybridized carbons (Fsp3) is 0.364. The Morgan fingerprint density at radius 2 is 2.05 bits per heavy atom. The van der Waals surface area contributed by atoms with Crippen molar-refractivity contribution in [1.82, 2.24) is 5.32 Å². The second-order valence-corrected chi connectivity index (χ2v) is 3.59. The molecule has 19 heavy (non-hydrogen) atoms. The van der Waals surface area contributed by atoms with Gasteiger partial charge in [0.2, 0.25) is 0 Å². The van der Waals surface area contributed by atoms with Gasteiger partial charge in [0.05, 0.1) is 12.2 Å². The maximum absolute atomic E-state index is 12.8. The van der Waals surface area contributed by atoms with Crippen LogP contribution in [0.5, 0.6) is 5.75 Å². The molecule has 0 aliphatic rings. The molecule has 8 heteroatoms. The minimum Gasteiger partial charge on any atom is -0.507 e. The van der Waals surface area contributed by atoms with Crippen LogP contribution in [0, 0.1) is 5.82 Å². The Kier molecular flexibility index (Phi) is 5.11. The molecule has 0 atom stereocenters. The van der Waals surface area contributed by atoms with Crippen molar-refractivity contribution in [3.05, 3.63) is 29.6 Å². The normalized spacial score (nSPS) is 11.4. The van der Waals surface area contributed by atoms with Crippen LogP contribution in [0.2, 0.25) is 0 Å². The van der Waals surface area contributed by atoms with Gasteiger partial charge in [0.15, 0.2) is 0 Å². The van der Waals surface area contributed by atoms with E-state index in [0.29, 0.717) is 0 Å². The van der Waals surface area contributed by atoms with Crippen LogP contribution < -0.4 is 5.32 Å². The predicted molar refractivity (Wildman–Crippen MR) is 57.3 cm³/mol. The van der Waals surface area contributed by atoms with Crippen LogP contribution in [-0.2, 0) is 4.74 Å². The summed E-state index contributed by atoms with van der Waals surface area (Å²) in [5.41, 5.74) is -0.296. The van der Waals surface area contributed by atoms with Crippen LogP contribution in [0.1, 0.15) is 10.4 Å². The second kappa shape index (κ2) is 6.37. The predicted octanol–water partition coefficient (Wildman–Crippen LogP) is 1.84. The van der Waals surface area contributed by atoms with Crippen molar-refractivity contribution in [3.8, 4) is 5.75 Å². The van der Waals surface area contributed by atoms with E-state index in [1.807, 2.05) is 0 Å². The zero-order valence-corrected chi connectivity index (χ0v) is 9.63. The molecule has 1 aromatic rings. The number of phenolic OH excluding ortho intramolecular Hbond substituents is 1. The number of nitrogens with one attached hydrogen (secondary N) is 1. The molecular weight excluding hydrogens is 270 g/mol. The Balaban J connectivity index is 2.38. The van der Waals surface area contributed by atoms with E-state index in [1.54, 1.807) is 0 Å². The SMILES string of the molecule is O=C(NCCOCC(F)(F)F)c1cc(F)ccc1O. The zero-order chi connectivity index (χ0) is 14.5. The van der Waals surface area contributed by atoms with E-state index in [1.165, 1.54) is 0 Å². The fourth-order valence-corrected chi connectivity index (χ4v) is 1.21. The summed E-state index contributed by atoms with van der Waals surface area (Å²) in [5, 5.41) is 11.5. The van der Waals surface area contributed by atoms with Crippen LogP contribution in [0.25, 0.3) is 0 Å². The van der Waals surface area contributed by atoms with E-state index in [-0.39, 0.29) is 18.7 Å². The smallest absolute Gasteiger partial charge is 0.411 e. The highest BCUT2D eigenvalue weighted by atomic mass is 19.4. The Bertz CT molecular complexity index is 448. The lowest BCUT2D eigenvalue weighted by atomic mass is 10.2. The molecule has 1 aromatic carbocycles. The third-order valence-corrected chi connectivity index (χ3v) is 2.00. The van der Waals surface area contributed by atoms with Crippen molar-refractivity contribution in [2.24, 2.45) is 0 Å². The Morgan fingerprint density at radius 3 is 2.68 bits per heavy atom. The monoisotopic (exact) mass is 281 g/mol. The van der Waals surface area contributed by atoms with Crippen molar-refractivity contribution in [1.29, 1.82) is 0 Å². The highest BCUT2D eigenvalue weighted by molar-refractivity contribution is 5.96. The number of aromatic hydroxyl groups is 1. The molecule has 0 radical (unpaired) electrons. The Hall–Kier alpha value is -1.83. The number of hydrogen-bond acceptors (Lipinski definition) is 3. The van der Waals surface area contributed by atoms with E-state index in [9.17, 15) is 27.5 Å². The first-order valence-corrected chi connectivity index (χ1v) is 5.21. The summed E-state index contributed by atoms with van der Waals surface area (Å²) >= 11 is 0. The number of hydrogen-bond donors (Lipinski definition) is 2. The molecule has 1 rings (SSSR count). The van der Waals surface area contributed by atoms with Crippen LogP contribution in [0.15, 0.2) is 18.2 Å². The molecule has 2 N–H and O–H groups in total. The maximum Gasteiger partial charge on any atom is 0.411 e. The molecule has 0 saturated heterocycles. The highest BCUT2D eigenvalue weighted by Gasteiger charge is 2.27. The number of amides is 1. The number of ether oxygens (including phenoxy) is 1. The lowest BCUT2D eigenvalue weighted by molar-refractivity contribution is -0.173. The molecule has 0 saturated carbocycles. The average molecular weight is 281 g/mol. The summed E-state index contributed by atoms with van der Waals surface area (Å²) in [6.07, 6.45) is -4.43. The lowest BCUT2D eigenvalue weighted by Gasteiger charge is -2.09. The third-order valence-electron chi connectivity index (χ3n) is 2.00. The van der Waals surface area contributed by atoms with Gasteiger partial charge in [0.1, 0.15) is 18.2 Å². The van der Waals surface area contributed by atoms with E-state index in [4.69, 9.17) is 0 Å². The molecule has 106 valence electrons. The Labute approximate surface area is 106 Å². The minimum absolute atomic E-state index is 0.190. The first kappa shape index (κ1) is 15.2. The number of phenols is 1. The fourth-order valence-electron chi connectivity index (χ4n) is 1.21. The first-order valence-electron chi connectivity index (χ1n) is 5.21. The summed E-state index contributed by atoms with van der Waals surface area (Å²) in [6, 6.07) is 2.80. The minimum atomic E-state index is -4.43. The van der Waals surface area contributed by atoms with Gasteiger partial charge in [-0.25, -0.2) is 4.39 Å². The highest BCUT2D eigenvalue weighted by Crippen LogP contribution is 2.17. The van der Waals surface area contributed by atoms with Crippen LogP contribution in [0.3, 0.4) is 0 Å². The van der Waals surface area contributed by atoms with Gasteiger partial charge in [-0.05, 0) is 18.2 Å². The quantitative estimate of drug-likeness (QED) is 0.639. The molecule has 0 unspecified atom stereocenters. The molecule has 4 nitrogen and oxygen atoms in total. The Morgan fingerprint density at radius 1 is 1.37 bits per heavy atom. The summed E-state index contributed by atoms with van der Waals surface area (Å²) in [4.78, 5) is 11.5. The van der Waals surface area contributed by atoms with Crippen LogP contribution in [0.4, 0.5) is 17.6 Å². The van der Waals surface area contributed by atoms with Crippen molar-refractivity contribution < 1.29 is 32.2 Å². The van der Waals surface area contributed by atoms with E-state index in [0.717, 1.165) is 18.2 Å². The standard InChI is InChI=1S/C11H11F4NO3/c12-7-1-2-9(17)8(5-7)10(18)16-3-4-19-6-11(13,14)15/h1-2,5,17H,3-4,6H2,(H,16,18). The first-order chi connectivity index (χ1) is 8.79. The van der Waals surface area contributed by atoms with E-state index in [2.05, 4.69) is 10.1 Å². The van der Waals surface area contributed by atoms with Gasteiger partial charge in [-0.1, -0.05) is 0 Å². The lowest BCUT2D eigenvalue weighted by Crippen LogP contribution is -2.29. The van der Waals surface area contributed by atoms with Gasteiger partial charge in [0.25, 0.3) is 5.91 Å². The van der Waals surface area contributed by atoms with Crippen molar-refractivity contribution in [2.45, 2.75) is 6.18 Å². The summed E-state index contributed by atoms with van der Waals surface area (Å²) in [6.45, 7) is -1.94. The van der Waals surface area contributed by atoms with Gasteiger partial charge >= 0.3 is 6.18 Å². The third kappa shape index (κ3) is 5.56. The number of halogens is 4. The van der Waals surface area contributed by atoms with Gasteiger partial charge in [-0.2, -0.15) is 13.2 Å². The maximum atomic E-state index is 12.8. The van der Waals surface area contributed by atoms with E-state index < -0.39 is 30.3 Å². The molecule has 0 aromatic heterocycles. The largest absolute Gasteiger partial charge is 0.507 e. The van der Waals surface area contributed by atoms with Crippen molar-refractivity contribution >= 4 is 5.91 Å². The zero-order valence-electron chi connectivity index (χ0n) is 9.63. The molecule has 0 aliphatic heterocycles. The molecule has 0 heterocycles. The summed E-state index contributed by atoms with van der Waals surface area (Å²) in [5.74, 6) is -1.93. The number of rotatable bonds is 5. The topological polar surface area (TPSA) is 58.6 Å². The van der Waals surface area contributed by atoms with Crippen molar-refractivity contribution in [2.75, 3.05) is 19.8 Å². The second-order valence-electron chi connectivity index (χ2n) is 3.59. The molecule has 0 spiro atoms. The average Bonchev–Trinajstić information content (AvgIpc) is 2.30. The number of carbonyl (C=O) groups excluding carboxylic acids is 1. The molecule has 0 fully saturated rings. The number of benzene rings is 1. The van der Waals surface area contributed by atoms with Crippen LogP contribution >= 0.6 is 0 Å². The number of alkyl halides is 3. The van der Waals surface area contributed by atoms with Gasteiger partial charge < -0.3 is 15.2 Å². The summed E-state index contributed by atoms with van der Waals surface area (Å²) in [7, 11) is 0. The number of carbonyl (C=O) groups is 1.